The van der Waals surface area contributed by atoms with Crippen molar-refractivity contribution in [1.29, 1.82) is 0 Å². The molecule has 0 spiro atoms. The highest BCUT2D eigenvalue weighted by Gasteiger charge is 2.19. The van der Waals surface area contributed by atoms with Crippen LogP contribution in [0.3, 0.4) is 0 Å². The molecular formula is C20H21N3O3. The van der Waals surface area contributed by atoms with Gasteiger partial charge in [-0.1, -0.05) is 36.4 Å². The minimum atomic E-state index is -0.597. The number of carbonyl (C=O) groups is 1. The Bertz CT molecular complexity index is 874. The van der Waals surface area contributed by atoms with Crippen LogP contribution in [0.4, 0.5) is 10.6 Å². The monoisotopic (exact) mass is 351 g/mol. The lowest BCUT2D eigenvalue weighted by Crippen LogP contribution is -2.19. The molecule has 6 heteroatoms. The van der Waals surface area contributed by atoms with Crippen molar-refractivity contribution < 1.29 is 14.6 Å². The number of hydrogen-bond donors (Lipinski definition) is 2. The summed E-state index contributed by atoms with van der Waals surface area (Å²) in [6, 6.07) is 18.3. The average molecular weight is 351 g/mol. The molecule has 0 fully saturated rings. The number of anilines is 1. The lowest BCUT2D eigenvalue weighted by atomic mass is 10.1. The maximum atomic E-state index is 12.3. The molecule has 1 heterocycles. The Morgan fingerprint density at radius 2 is 1.77 bits per heavy atom. The molecule has 6 nitrogen and oxygen atoms in total. The van der Waals surface area contributed by atoms with Crippen LogP contribution in [0, 0.1) is 6.92 Å². The molecule has 134 valence electrons. The molecular weight excluding hydrogens is 330 g/mol. The molecule has 1 amide bonds. The summed E-state index contributed by atoms with van der Waals surface area (Å²) in [5.74, 6) is 0.977. The number of aliphatic hydroxyl groups is 1. The fraction of sp³-hybridized carbons (Fsp3) is 0.200. The number of nitrogens with zero attached hydrogens (tertiary/aromatic N) is 2. The van der Waals surface area contributed by atoms with E-state index in [0.717, 1.165) is 16.9 Å². The van der Waals surface area contributed by atoms with Crippen LogP contribution in [0.15, 0.2) is 60.7 Å². The van der Waals surface area contributed by atoms with Crippen LogP contribution in [0.25, 0.3) is 5.69 Å². The summed E-state index contributed by atoms with van der Waals surface area (Å²) in [6.07, 6.45) is -0.731. The number of rotatable bonds is 5. The Balaban J connectivity index is 1.91. The first kappa shape index (κ1) is 17.7. The second-order valence-corrected chi connectivity index (χ2v) is 6.05. The molecule has 0 aliphatic rings. The largest absolute Gasteiger partial charge is 0.418 e. The Morgan fingerprint density at radius 3 is 2.38 bits per heavy atom. The lowest BCUT2D eigenvalue weighted by Gasteiger charge is -2.10. The summed E-state index contributed by atoms with van der Waals surface area (Å²) in [4.78, 5) is 12.3. The van der Waals surface area contributed by atoms with E-state index in [-0.39, 0.29) is 0 Å². The predicted octanol–water partition coefficient (Wildman–Crippen LogP) is 3.71. The molecule has 0 saturated heterocycles. The summed E-state index contributed by atoms with van der Waals surface area (Å²) in [6.45, 7) is 3.57. The molecule has 1 atom stereocenters. The van der Waals surface area contributed by atoms with Gasteiger partial charge in [-0.3, -0.25) is 5.32 Å². The first-order chi connectivity index (χ1) is 12.5. The first-order valence-corrected chi connectivity index (χ1v) is 8.40. The zero-order valence-electron chi connectivity index (χ0n) is 14.7. The van der Waals surface area contributed by atoms with Crippen molar-refractivity contribution in [3.05, 3.63) is 71.9 Å². The van der Waals surface area contributed by atoms with Gasteiger partial charge in [-0.05, 0) is 38.1 Å². The lowest BCUT2D eigenvalue weighted by molar-refractivity contribution is 0.194. The number of nitrogens with one attached hydrogen (secondary N) is 1. The van der Waals surface area contributed by atoms with Gasteiger partial charge >= 0.3 is 6.09 Å². The van der Waals surface area contributed by atoms with E-state index in [2.05, 4.69) is 10.4 Å². The van der Waals surface area contributed by atoms with E-state index in [4.69, 9.17) is 4.74 Å². The minimum Gasteiger partial charge on any atom is -0.410 e. The summed E-state index contributed by atoms with van der Waals surface area (Å²) < 4.78 is 6.97. The second kappa shape index (κ2) is 7.84. The van der Waals surface area contributed by atoms with Gasteiger partial charge in [0.2, 0.25) is 0 Å². The summed E-state index contributed by atoms with van der Waals surface area (Å²) >= 11 is 0. The molecule has 2 aromatic carbocycles. The quantitative estimate of drug-likeness (QED) is 0.735. The van der Waals surface area contributed by atoms with Crippen molar-refractivity contribution in [1.82, 2.24) is 9.78 Å². The van der Waals surface area contributed by atoms with E-state index in [1.54, 1.807) is 35.9 Å². The molecule has 0 aliphatic carbocycles. The predicted molar refractivity (Wildman–Crippen MR) is 99.8 cm³/mol. The van der Waals surface area contributed by atoms with Crippen LogP contribution in [0.1, 0.15) is 18.2 Å². The highest BCUT2D eigenvalue weighted by atomic mass is 16.6. The Hall–Kier alpha value is -3.12. The van der Waals surface area contributed by atoms with Crippen LogP contribution in [-0.2, 0) is 6.42 Å². The third-order valence-corrected chi connectivity index (χ3v) is 3.88. The number of aromatic nitrogens is 2. The van der Waals surface area contributed by atoms with Gasteiger partial charge in [0, 0.05) is 12.0 Å². The van der Waals surface area contributed by atoms with Crippen molar-refractivity contribution in [2.75, 3.05) is 5.32 Å². The van der Waals surface area contributed by atoms with Gasteiger partial charge in [0.1, 0.15) is 11.6 Å². The molecule has 3 rings (SSSR count). The molecule has 0 aliphatic heterocycles. The summed E-state index contributed by atoms with van der Waals surface area (Å²) in [5, 5.41) is 17.1. The summed E-state index contributed by atoms with van der Waals surface area (Å²) in [7, 11) is 0. The van der Waals surface area contributed by atoms with E-state index >= 15 is 0 Å². The molecule has 2 N–H and O–H groups in total. The van der Waals surface area contributed by atoms with Gasteiger partial charge in [0.25, 0.3) is 0 Å². The Labute approximate surface area is 152 Å². The van der Waals surface area contributed by atoms with E-state index in [9.17, 15) is 9.90 Å². The number of benzene rings is 2. The van der Waals surface area contributed by atoms with Crippen molar-refractivity contribution in [2.45, 2.75) is 26.4 Å². The van der Waals surface area contributed by atoms with Crippen molar-refractivity contribution in [3.8, 4) is 11.4 Å². The van der Waals surface area contributed by atoms with Gasteiger partial charge in [0.05, 0.1) is 17.5 Å². The normalized spacial score (nSPS) is 11.8. The average Bonchev–Trinajstić information content (AvgIpc) is 2.92. The van der Waals surface area contributed by atoms with Crippen LogP contribution in [-0.4, -0.2) is 27.1 Å². The van der Waals surface area contributed by atoms with Gasteiger partial charge in [0.15, 0.2) is 0 Å². The van der Waals surface area contributed by atoms with E-state index < -0.39 is 12.2 Å². The Morgan fingerprint density at radius 1 is 1.15 bits per heavy atom. The minimum absolute atomic E-state index is 0.397. The van der Waals surface area contributed by atoms with Crippen LogP contribution >= 0.6 is 0 Å². The molecule has 3 aromatic rings. The second-order valence-electron chi connectivity index (χ2n) is 6.05. The summed E-state index contributed by atoms with van der Waals surface area (Å²) in [5.41, 5.74) is 2.32. The molecule has 0 bridgehead atoms. The Kier molecular flexibility index (Phi) is 5.34. The number of amides is 1. The fourth-order valence-corrected chi connectivity index (χ4v) is 2.64. The molecule has 26 heavy (non-hydrogen) atoms. The standard InChI is InChI=1S/C20H21N3O3/c1-14(24)13-18-15(2)19(23(22-18)16-9-5-3-6-10-16)21-20(25)26-17-11-7-4-8-12-17/h3-12,14,24H,13H2,1-2H3,(H,21,25). The first-order valence-electron chi connectivity index (χ1n) is 8.40. The van der Waals surface area contributed by atoms with Crippen molar-refractivity contribution in [2.24, 2.45) is 0 Å². The molecule has 0 saturated carbocycles. The van der Waals surface area contributed by atoms with Crippen molar-refractivity contribution in [3.63, 3.8) is 0 Å². The SMILES string of the molecule is Cc1c(CC(C)O)nn(-c2ccccc2)c1NC(=O)Oc1ccccc1. The van der Waals surface area contributed by atoms with Gasteiger partial charge in [-0.25, -0.2) is 9.48 Å². The highest BCUT2D eigenvalue weighted by Crippen LogP contribution is 2.24. The van der Waals surface area contributed by atoms with Gasteiger partial charge < -0.3 is 9.84 Å². The maximum absolute atomic E-state index is 12.3. The number of ether oxygens (including phenoxy) is 1. The number of hydrogen-bond acceptors (Lipinski definition) is 4. The molecule has 1 aromatic heterocycles. The zero-order chi connectivity index (χ0) is 18.5. The van der Waals surface area contributed by atoms with Crippen LogP contribution in [0.2, 0.25) is 0 Å². The number of aliphatic hydroxyl groups excluding tert-OH is 1. The topological polar surface area (TPSA) is 76.4 Å². The highest BCUT2D eigenvalue weighted by molar-refractivity contribution is 5.86. The van der Waals surface area contributed by atoms with E-state index in [0.29, 0.717) is 18.0 Å². The number of para-hydroxylation sites is 2. The fourth-order valence-electron chi connectivity index (χ4n) is 2.64. The van der Waals surface area contributed by atoms with Crippen LogP contribution < -0.4 is 10.1 Å². The zero-order valence-corrected chi connectivity index (χ0v) is 14.7. The maximum Gasteiger partial charge on any atom is 0.418 e. The van der Waals surface area contributed by atoms with E-state index in [1.165, 1.54) is 0 Å². The van der Waals surface area contributed by atoms with E-state index in [1.807, 2.05) is 43.3 Å². The third-order valence-electron chi connectivity index (χ3n) is 3.88. The van der Waals surface area contributed by atoms with Crippen molar-refractivity contribution >= 4 is 11.9 Å². The van der Waals surface area contributed by atoms with Crippen LogP contribution in [0.5, 0.6) is 5.75 Å². The molecule has 0 radical (unpaired) electrons. The molecule has 1 unspecified atom stereocenters. The third kappa shape index (κ3) is 4.10. The smallest absolute Gasteiger partial charge is 0.410 e. The van der Waals surface area contributed by atoms with Gasteiger partial charge in [-0.15, -0.1) is 0 Å². The number of carbonyl (C=O) groups excluding carboxylic acids is 1. The van der Waals surface area contributed by atoms with Gasteiger partial charge in [-0.2, -0.15) is 5.10 Å².